The second kappa shape index (κ2) is 6.48. The maximum absolute atomic E-state index is 12.7. The fourth-order valence-corrected chi connectivity index (χ4v) is 4.24. The van der Waals surface area contributed by atoms with Crippen LogP contribution in [0.3, 0.4) is 0 Å². The van der Waals surface area contributed by atoms with Crippen LogP contribution in [0.25, 0.3) is 0 Å². The molecule has 0 amide bonds. The van der Waals surface area contributed by atoms with Crippen molar-refractivity contribution in [2.45, 2.75) is 43.9 Å². The van der Waals surface area contributed by atoms with Crippen molar-refractivity contribution in [2.24, 2.45) is 0 Å². The maximum Gasteiger partial charge on any atom is 0.244 e. The summed E-state index contributed by atoms with van der Waals surface area (Å²) < 4.78 is 34.2. The first-order chi connectivity index (χ1) is 9.90. The van der Waals surface area contributed by atoms with Gasteiger partial charge in [0.25, 0.3) is 0 Å². The molecule has 1 N–H and O–H groups in total. The second-order valence-electron chi connectivity index (χ2n) is 5.71. The van der Waals surface area contributed by atoms with E-state index < -0.39 is 10.0 Å². The van der Waals surface area contributed by atoms with Crippen molar-refractivity contribution >= 4 is 10.0 Å². The number of methoxy groups -OCH3 is 1. The number of nitrogens with one attached hydrogen (secondary N) is 1. The highest BCUT2D eigenvalue weighted by atomic mass is 32.2. The zero-order chi connectivity index (χ0) is 15.6. The quantitative estimate of drug-likeness (QED) is 0.857. The summed E-state index contributed by atoms with van der Waals surface area (Å²) >= 11 is 0. The van der Waals surface area contributed by atoms with Crippen molar-refractivity contribution in [1.82, 2.24) is 14.2 Å². The molecule has 1 fully saturated rings. The smallest absolute Gasteiger partial charge is 0.244 e. The van der Waals surface area contributed by atoms with E-state index in [1.165, 1.54) is 4.31 Å². The summed E-state index contributed by atoms with van der Waals surface area (Å²) in [4.78, 5) is 0.373. The van der Waals surface area contributed by atoms with Gasteiger partial charge in [0.1, 0.15) is 4.90 Å². The minimum absolute atomic E-state index is 0.00346. The zero-order valence-electron chi connectivity index (χ0n) is 13.2. The number of ether oxygens (including phenoxy) is 1. The standard InChI is InChI=1S/C14H25N3O3S/c1-11(2)17-10-14(7-12(17)8-15-3)21(18,19)16-6-5-13(9-16)20-4/h7,10-11,13,15H,5-6,8-9H2,1-4H3. The van der Waals surface area contributed by atoms with Crippen LogP contribution in [0.2, 0.25) is 0 Å². The van der Waals surface area contributed by atoms with Gasteiger partial charge in [-0.1, -0.05) is 0 Å². The van der Waals surface area contributed by atoms with Gasteiger partial charge in [-0.3, -0.25) is 0 Å². The number of hydrogen-bond acceptors (Lipinski definition) is 4. The maximum atomic E-state index is 12.7. The first kappa shape index (κ1) is 16.5. The van der Waals surface area contributed by atoms with Crippen LogP contribution in [-0.2, 0) is 21.3 Å². The highest BCUT2D eigenvalue weighted by Crippen LogP contribution is 2.25. The first-order valence-electron chi connectivity index (χ1n) is 7.28. The molecule has 0 spiro atoms. The van der Waals surface area contributed by atoms with E-state index in [9.17, 15) is 8.42 Å². The minimum atomic E-state index is -3.43. The second-order valence-corrected chi connectivity index (χ2v) is 7.65. The predicted octanol–water partition coefficient (Wildman–Crippen LogP) is 1.20. The number of hydrogen-bond donors (Lipinski definition) is 1. The van der Waals surface area contributed by atoms with Crippen molar-refractivity contribution in [2.75, 3.05) is 27.2 Å². The summed E-state index contributed by atoms with van der Waals surface area (Å²) in [6.45, 7) is 5.70. The molecule has 0 saturated carbocycles. The fourth-order valence-electron chi connectivity index (χ4n) is 2.70. The Morgan fingerprint density at radius 3 is 2.71 bits per heavy atom. The lowest BCUT2D eigenvalue weighted by molar-refractivity contribution is 0.115. The van der Waals surface area contributed by atoms with Crippen LogP contribution in [0.15, 0.2) is 17.2 Å². The average Bonchev–Trinajstić information content (AvgIpc) is 3.05. The lowest BCUT2D eigenvalue weighted by Gasteiger charge is -2.15. The van der Waals surface area contributed by atoms with Gasteiger partial charge in [0.15, 0.2) is 0 Å². The van der Waals surface area contributed by atoms with E-state index in [1.807, 2.05) is 25.5 Å². The van der Waals surface area contributed by atoms with Crippen molar-refractivity contribution in [1.29, 1.82) is 0 Å². The molecular formula is C14H25N3O3S. The van der Waals surface area contributed by atoms with Gasteiger partial charge < -0.3 is 14.6 Å². The average molecular weight is 315 g/mol. The number of rotatable bonds is 6. The number of aromatic nitrogens is 1. The van der Waals surface area contributed by atoms with E-state index in [2.05, 4.69) is 5.32 Å². The Bertz CT molecular complexity index is 580. The normalized spacial score (nSPS) is 20.5. The van der Waals surface area contributed by atoms with Crippen LogP contribution >= 0.6 is 0 Å². The third-order valence-corrected chi connectivity index (χ3v) is 5.73. The molecule has 6 nitrogen and oxygen atoms in total. The molecule has 1 saturated heterocycles. The Hall–Kier alpha value is -0.890. The van der Waals surface area contributed by atoms with E-state index in [0.717, 1.165) is 12.1 Å². The predicted molar refractivity (Wildman–Crippen MR) is 81.8 cm³/mol. The Morgan fingerprint density at radius 2 is 2.19 bits per heavy atom. The Balaban J connectivity index is 2.30. The highest BCUT2D eigenvalue weighted by molar-refractivity contribution is 7.89. The molecule has 1 atom stereocenters. The molecule has 21 heavy (non-hydrogen) atoms. The SMILES string of the molecule is CNCc1cc(S(=O)(=O)N2CCC(OC)C2)cn1C(C)C. The van der Waals surface area contributed by atoms with Crippen molar-refractivity contribution in [3.8, 4) is 0 Å². The van der Waals surface area contributed by atoms with Gasteiger partial charge >= 0.3 is 0 Å². The molecule has 1 aromatic heterocycles. The van der Waals surface area contributed by atoms with E-state index in [-0.39, 0.29) is 12.1 Å². The van der Waals surface area contributed by atoms with Crippen LogP contribution in [-0.4, -0.2) is 50.6 Å². The number of nitrogens with zero attached hydrogens (tertiary/aromatic N) is 2. The Labute approximate surface area is 127 Å². The largest absolute Gasteiger partial charge is 0.380 e. The van der Waals surface area contributed by atoms with Gasteiger partial charge in [-0.25, -0.2) is 8.42 Å². The summed E-state index contributed by atoms with van der Waals surface area (Å²) in [5.74, 6) is 0. The zero-order valence-corrected chi connectivity index (χ0v) is 14.0. The van der Waals surface area contributed by atoms with Crippen molar-refractivity contribution in [3.05, 3.63) is 18.0 Å². The molecule has 0 bridgehead atoms. The van der Waals surface area contributed by atoms with Crippen LogP contribution in [0.1, 0.15) is 32.0 Å². The molecule has 0 aliphatic carbocycles. The summed E-state index contributed by atoms with van der Waals surface area (Å²) in [6.07, 6.45) is 2.50. The van der Waals surface area contributed by atoms with Crippen molar-refractivity contribution in [3.63, 3.8) is 0 Å². The Morgan fingerprint density at radius 1 is 1.48 bits per heavy atom. The van der Waals surface area contributed by atoms with Gasteiger partial charge in [0.05, 0.1) is 6.10 Å². The van der Waals surface area contributed by atoms with Gasteiger partial charge in [-0.15, -0.1) is 0 Å². The van der Waals surface area contributed by atoms with Gasteiger partial charge in [-0.2, -0.15) is 4.31 Å². The lowest BCUT2D eigenvalue weighted by Crippen LogP contribution is -2.29. The highest BCUT2D eigenvalue weighted by Gasteiger charge is 2.33. The summed E-state index contributed by atoms with van der Waals surface area (Å²) in [6, 6.07) is 1.99. The van der Waals surface area contributed by atoms with Crippen LogP contribution < -0.4 is 5.32 Å². The van der Waals surface area contributed by atoms with E-state index >= 15 is 0 Å². The van der Waals surface area contributed by atoms with E-state index in [4.69, 9.17) is 4.74 Å². The van der Waals surface area contributed by atoms with E-state index in [0.29, 0.717) is 24.5 Å². The molecule has 2 rings (SSSR count). The summed E-state index contributed by atoms with van der Waals surface area (Å²) in [7, 11) is 0.0522. The third kappa shape index (κ3) is 3.31. The molecule has 0 radical (unpaired) electrons. The molecule has 1 aromatic rings. The molecule has 1 unspecified atom stereocenters. The number of sulfonamides is 1. The van der Waals surface area contributed by atoms with Gasteiger partial charge in [0, 0.05) is 44.7 Å². The van der Waals surface area contributed by atoms with Gasteiger partial charge in [-0.05, 0) is 33.4 Å². The molecule has 1 aliphatic rings. The monoisotopic (exact) mass is 315 g/mol. The molecular weight excluding hydrogens is 290 g/mol. The summed E-state index contributed by atoms with van der Waals surface area (Å²) in [5, 5.41) is 3.08. The van der Waals surface area contributed by atoms with Crippen LogP contribution in [0.5, 0.6) is 0 Å². The molecule has 7 heteroatoms. The Kier molecular flexibility index (Phi) is 5.08. The third-order valence-electron chi connectivity index (χ3n) is 3.90. The van der Waals surface area contributed by atoms with Crippen LogP contribution in [0, 0.1) is 0 Å². The van der Waals surface area contributed by atoms with Gasteiger partial charge in [0.2, 0.25) is 10.0 Å². The fraction of sp³-hybridized carbons (Fsp3) is 0.714. The molecule has 2 heterocycles. The van der Waals surface area contributed by atoms with E-state index in [1.54, 1.807) is 19.4 Å². The minimum Gasteiger partial charge on any atom is -0.380 e. The molecule has 0 aromatic carbocycles. The lowest BCUT2D eigenvalue weighted by atomic mass is 10.3. The first-order valence-corrected chi connectivity index (χ1v) is 8.72. The molecule has 1 aliphatic heterocycles. The van der Waals surface area contributed by atoms with Crippen LogP contribution in [0.4, 0.5) is 0 Å². The molecule has 120 valence electrons. The summed E-state index contributed by atoms with van der Waals surface area (Å²) in [5.41, 5.74) is 0.980. The topological polar surface area (TPSA) is 63.6 Å². The van der Waals surface area contributed by atoms with Crippen molar-refractivity contribution < 1.29 is 13.2 Å².